The minimum absolute atomic E-state index is 0.0171. The fourth-order valence-corrected chi connectivity index (χ4v) is 5.01. The Balaban J connectivity index is 1.52. The van der Waals surface area contributed by atoms with Gasteiger partial charge in [0.15, 0.2) is 5.17 Å². The molecule has 0 spiro atoms. The molecular formula is C25H29N3O3S. The van der Waals surface area contributed by atoms with Crippen molar-refractivity contribution in [2.45, 2.75) is 51.4 Å². The van der Waals surface area contributed by atoms with Crippen LogP contribution in [0.3, 0.4) is 0 Å². The standard InChI is InChI=1S/C25H29N3O3S/c1-16-7-10-19(11-8-16)26-23(29)14-22-24(30)28(15-20-5-4-12-31-20)25(32-22)27-21-13-17(2)6-9-18(21)3/h6-11,13,20,22H,4-5,12,14-15H2,1-3H3,(H,26,29). The van der Waals surface area contributed by atoms with Crippen LogP contribution in [0.15, 0.2) is 47.5 Å². The van der Waals surface area contributed by atoms with E-state index in [0.717, 1.165) is 47.5 Å². The van der Waals surface area contributed by atoms with E-state index in [0.29, 0.717) is 11.7 Å². The van der Waals surface area contributed by atoms with Gasteiger partial charge in [-0.2, -0.15) is 0 Å². The van der Waals surface area contributed by atoms with Crippen molar-refractivity contribution < 1.29 is 14.3 Å². The minimum atomic E-state index is -0.495. The molecule has 2 amide bonds. The maximum absolute atomic E-state index is 13.3. The number of hydrogen-bond donors (Lipinski definition) is 1. The van der Waals surface area contributed by atoms with Crippen LogP contribution in [0.25, 0.3) is 0 Å². The number of anilines is 1. The van der Waals surface area contributed by atoms with E-state index in [-0.39, 0.29) is 24.3 Å². The lowest BCUT2D eigenvalue weighted by Gasteiger charge is -2.20. The van der Waals surface area contributed by atoms with Crippen molar-refractivity contribution in [2.24, 2.45) is 4.99 Å². The molecule has 4 rings (SSSR count). The van der Waals surface area contributed by atoms with Gasteiger partial charge < -0.3 is 10.1 Å². The number of nitrogens with one attached hydrogen (secondary N) is 1. The quantitative estimate of drug-likeness (QED) is 0.688. The first-order valence-electron chi connectivity index (χ1n) is 11.0. The Morgan fingerprint density at radius 3 is 2.62 bits per heavy atom. The lowest BCUT2D eigenvalue weighted by Crippen LogP contribution is -2.38. The van der Waals surface area contributed by atoms with Crippen LogP contribution in [-0.4, -0.2) is 46.4 Å². The Hall–Kier alpha value is -2.64. The Labute approximate surface area is 193 Å². The average molecular weight is 452 g/mol. The predicted octanol–water partition coefficient (Wildman–Crippen LogP) is 4.75. The maximum Gasteiger partial charge on any atom is 0.242 e. The summed E-state index contributed by atoms with van der Waals surface area (Å²) in [6, 6.07) is 13.7. The van der Waals surface area contributed by atoms with Crippen molar-refractivity contribution in [3.8, 4) is 0 Å². The average Bonchev–Trinajstić information content (AvgIpc) is 3.37. The number of thioether (sulfide) groups is 1. The van der Waals surface area contributed by atoms with Crippen LogP contribution in [0.2, 0.25) is 0 Å². The summed E-state index contributed by atoms with van der Waals surface area (Å²) < 4.78 is 5.77. The normalized spacial score (nSPS) is 22.0. The van der Waals surface area contributed by atoms with E-state index >= 15 is 0 Å². The highest BCUT2D eigenvalue weighted by atomic mass is 32.2. The third-order valence-electron chi connectivity index (χ3n) is 5.72. The van der Waals surface area contributed by atoms with Crippen molar-refractivity contribution in [3.05, 3.63) is 59.2 Å². The summed E-state index contributed by atoms with van der Waals surface area (Å²) in [6.07, 6.45) is 2.06. The van der Waals surface area contributed by atoms with Crippen LogP contribution >= 0.6 is 11.8 Å². The largest absolute Gasteiger partial charge is 0.376 e. The first-order chi connectivity index (χ1) is 15.4. The van der Waals surface area contributed by atoms with Crippen LogP contribution in [-0.2, 0) is 14.3 Å². The smallest absolute Gasteiger partial charge is 0.242 e. The molecule has 2 aromatic rings. The first-order valence-corrected chi connectivity index (χ1v) is 11.9. The molecule has 1 N–H and O–H groups in total. The number of amidine groups is 1. The number of benzene rings is 2. The van der Waals surface area contributed by atoms with Crippen molar-refractivity contribution >= 4 is 40.1 Å². The fourth-order valence-electron chi connectivity index (χ4n) is 3.85. The van der Waals surface area contributed by atoms with Gasteiger partial charge in [-0.3, -0.25) is 14.5 Å². The Kier molecular flexibility index (Phi) is 6.96. The monoisotopic (exact) mass is 451 g/mol. The number of aryl methyl sites for hydroxylation is 3. The number of carbonyl (C=O) groups excluding carboxylic acids is 2. The molecule has 2 saturated heterocycles. The zero-order valence-corrected chi connectivity index (χ0v) is 19.6. The molecule has 2 atom stereocenters. The second-order valence-electron chi connectivity index (χ2n) is 8.49. The summed E-state index contributed by atoms with van der Waals surface area (Å²) >= 11 is 1.37. The van der Waals surface area contributed by atoms with E-state index in [1.807, 2.05) is 63.2 Å². The van der Waals surface area contributed by atoms with Gasteiger partial charge >= 0.3 is 0 Å². The van der Waals surface area contributed by atoms with E-state index in [9.17, 15) is 9.59 Å². The van der Waals surface area contributed by atoms with E-state index < -0.39 is 5.25 Å². The van der Waals surface area contributed by atoms with Gasteiger partial charge in [0.1, 0.15) is 5.25 Å². The highest BCUT2D eigenvalue weighted by Gasteiger charge is 2.40. The molecule has 0 aromatic heterocycles. The molecule has 2 unspecified atom stereocenters. The summed E-state index contributed by atoms with van der Waals surface area (Å²) in [5, 5.41) is 3.05. The number of ether oxygens (including phenoxy) is 1. The summed E-state index contributed by atoms with van der Waals surface area (Å²) in [6.45, 7) is 7.24. The zero-order chi connectivity index (χ0) is 22.7. The zero-order valence-electron chi connectivity index (χ0n) is 18.8. The van der Waals surface area contributed by atoms with Gasteiger partial charge in [0.2, 0.25) is 11.8 Å². The van der Waals surface area contributed by atoms with E-state index in [1.54, 1.807) is 4.90 Å². The van der Waals surface area contributed by atoms with E-state index in [4.69, 9.17) is 9.73 Å². The van der Waals surface area contributed by atoms with Gasteiger partial charge in [-0.05, 0) is 62.9 Å². The number of carbonyl (C=O) groups is 2. The molecule has 0 saturated carbocycles. The molecule has 0 aliphatic carbocycles. The lowest BCUT2D eigenvalue weighted by molar-refractivity contribution is -0.129. The third kappa shape index (κ3) is 5.40. The Morgan fingerprint density at radius 1 is 1.16 bits per heavy atom. The van der Waals surface area contributed by atoms with Crippen LogP contribution in [0.5, 0.6) is 0 Å². The van der Waals surface area contributed by atoms with Gasteiger partial charge in [-0.25, -0.2) is 4.99 Å². The predicted molar refractivity (Wildman–Crippen MR) is 130 cm³/mol. The van der Waals surface area contributed by atoms with Crippen LogP contribution in [0.1, 0.15) is 36.0 Å². The van der Waals surface area contributed by atoms with Gasteiger partial charge in [0.05, 0.1) is 18.3 Å². The molecule has 168 valence electrons. The molecule has 2 aliphatic heterocycles. The summed E-state index contributed by atoms with van der Waals surface area (Å²) in [4.78, 5) is 32.5. The molecule has 32 heavy (non-hydrogen) atoms. The number of aliphatic imine (C=N–C) groups is 1. The molecular weight excluding hydrogens is 422 g/mol. The summed E-state index contributed by atoms with van der Waals surface area (Å²) in [5.41, 5.74) is 4.87. The molecule has 0 radical (unpaired) electrons. The second-order valence-corrected chi connectivity index (χ2v) is 9.66. The van der Waals surface area contributed by atoms with E-state index in [2.05, 4.69) is 5.32 Å². The second kappa shape index (κ2) is 9.88. The van der Waals surface area contributed by atoms with Crippen molar-refractivity contribution in [1.29, 1.82) is 0 Å². The van der Waals surface area contributed by atoms with Gasteiger partial charge in [0, 0.05) is 18.7 Å². The SMILES string of the molecule is Cc1ccc(NC(=O)CC2SC(=Nc3cc(C)ccc3C)N(CC3CCCO3)C2=O)cc1. The molecule has 2 heterocycles. The Morgan fingerprint density at radius 2 is 1.91 bits per heavy atom. The number of rotatable bonds is 6. The van der Waals surface area contributed by atoms with Crippen molar-refractivity contribution in [2.75, 3.05) is 18.5 Å². The highest BCUT2D eigenvalue weighted by molar-refractivity contribution is 8.15. The first kappa shape index (κ1) is 22.6. The Bertz CT molecular complexity index is 1030. The van der Waals surface area contributed by atoms with Gasteiger partial charge in [-0.15, -0.1) is 0 Å². The topological polar surface area (TPSA) is 71.0 Å². The molecule has 2 fully saturated rings. The molecule has 6 nitrogen and oxygen atoms in total. The summed E-state index contributed by atoms with van der Waals surface area (Å²) in [5.74, 6) is -0.252. The van der Waals surface area contributed by atoms with Crippen LogP contribution in [0.4, 0.5) is 11.4 Å². The fraction of sp³-hybridized carbons (Fsp3) is 0.400. The van der Waals surface area contributed by atoms with Gasteiger partial charge in [-0.1, -0.05) is 41.6 Å². The summed E-state index contributed by atoms with van der Waals surface area (Å²) in [7, 11) is 0. The minimum Gasteiger partial charge on any atom is -0.376 e. The van der Waals surface area contributed by atoms with E-state index in [1.165, 1.54) is 11.8 Å². The number of amides is 2. The van der Waals surface area contributed by atoms with Crippen molar-refractivity contribution in [3.63, 3.8) is 0 Å². The van der Waals surface area contributed by atoms with Crippen molar-refractivity contribution in [1.82, 2.24) is 4.90 Å². The number of hydrogen-bond acceptors (Lipinski definition) is 5. The lowest BCUT2D eigenvalue weighted by atomic mass is 10.1. The number of nitrogens with zero attached hydrogens (tertiary/aromatic N) is 2. The maximum atomic E-state index is 13.3. The molecule has 2 aromatic carbocycles. The van der Waals surface area contributed by atoms with Gasteiger partial charge in [0.25, 0.3) is 0 Å². The molecule has 2 aliphatic rings. The third-order valence-corrected chi connectivity index (χ3v) is 6.89. The molecule has 0 bridgehead atoms. The molecule has 7 heteroatoms. The van der Waals surface area contributed by atoms with Crippen LogP contribution < -0.4 is 5.32 Å². The highest BCUT2D eigenvalue weighted by Crippen LogP contribution is 2.34. The van der Waals surface area contributed by atoms with Crippen LogP contribution in [0, 0.1) is 20.8 Å².